The third-order valence-electron chi connectivity index (χ3n) is 6.56. The maximum absolute atomic E-state index is 11.9. The highest BCUT2D eigenvalue weighted by atomic mass is 16.5. The predicted molar refractivity (Wildman–Crippen MR) is 120 cm³/mol. The molecule has 1 aromatic rings. The Hall–Kier alpha value is -2.26. The van der Waals surface area contributed by atoms with Gasteiger partial charge < -0.3 is 15.0 Å². The lowest BCUT2D eigenvalue weighted by atomic mass is 9.84. The fraction of sp³-hybridized carbons (Fsp3) is 0.667. The van der Waals surface area contributed by atoms with Gasteiger partial charge in [-0.15, -0.1) is 0 Å². The van der Waals surface area contributed by atoms with Crippen LogP contribution < -0.4 is 15.0 Å². The number of carbonyl (C=O) groups is 1. The first-order chi connectivity index (χ1) is 14.7. The second-order valence-corrected chi connectivity index (χ2v) is 8.59. The van der Waals surface area contributed by atoms with E-state index in [4.69, 9.17) is 10.00 Å². The largest absolute Gasteiger partial charge is 0.495 e. The van der Waals surface area contributed by atoms with Crippen molar-refractivity contribution in [2.24, 2.45) is 5.92 Å². The maximum atomic E-state index is 11.9. The summed E-state index contributed by atoms with van der Waals surface area (Å²) in [5.74, 6) is 1.85. The van der Waals surface area contributed by atoms with Crippen molar-refractivity contribution < 1.29 is 9.53 Å². The average molecular weight is 413 g/mol. The quantitative estimate of drug-likeness (QED) is 0.628. The predicted octanol–water partition coefficient (Wildman–Crippen LogP) is 3.58. The molecule has 2 aliphatic rings. The lowest BCUT2D eigenvalue weighted by Gasteiger charge is -2.37. The Morgan fingerprint density at radius 3 is 2.60 bits per heavy atom. The first kappa shape index (κ1) is 22.4. The van der Waals surface area contributed by atoms with Crippen molar-refractivity contribution in [2.45, 2.75) is 57.4 Å². The van der Waals surface area contributed by atoms with Crippen LogP contribution in [0.5, 0.6) is 5.75 Å². The number of piperazine rings is 1. The van der Waals surface area contributed by atoms with E-state index in [0.717, 1.165) is 50.7 Å². The summed E-state index contributed by atoms with van der Waals surface area (Å²) in [5.41, 5.74) is 1.20. The molecule has 1 amide bonds. The number of carbonyl (C=O) groups excluding carboxylic acids is 1. The molecule has 3 rings (SSSR count). The molecule has 0 unspecified atom stereocenters. The van der Waals surface area contributed by atoms with E-state index in [1.54, 1.807) is 7.11 Å². The van der Waals surface area contributed by atoms with Gasteiger partial charge in [0.1, 0.15) is 5.75 Å². The van der Waals surface area contributed by atoms with Crippen LogP contribution in [0, 0.1) is 17.2 Å². The number of hydrogen-bond donors (Lipinski definition) is 1. The van der Waals surface area contributed by atoms with Crippen LogP contribution >= 0.6 is 0 Å². The number of benzene rings is 1. The minimum absolute atomic E-state index is 0.113. The minimum atomic E-state index is 0.113. The highest BCUT2D eigenvalue weighted by Crippen LogP contribution is 2.29. The summed E-state index contributed by atoms with van der Waals surface area (Å²) >= 11 is 0. The molecule has 1 saturated carbocycles. The number of rotatable bonds is 9. The molecule has 1 aliphatic heterocycles. The summed E-state index contributed by atoms with van der Waals surface area (Å²) in [6.45, 7) is 5.48. The van der Waals surface area contributed by atoms with E-state index < -0.39 is 0 Å². The van der Waals surface area contributed by atoms with E-state index in [1.807, 2.05) is 12.1 Å². The molecule has 6 nitrogen and oxygen atoms in total. The molecule has 1 N–H and O–H groups in total. The van der Waals surface area contributed by atoms with Crippen LogP contribution in [0.4, 0.5) is 5.69 Å². The Bertz CT molecular complexity index is 701. The number of anilines is 1. The van der Waals surface area contributed by atoms with Gasteiger partial charge in [-0.05, 0) is 63.1 Å². The molecule has 0 bridgehead atoms. The molecule has 1 aliphatic carbocycles. The normalized spacial score (nSPS) is 22.3. The van der Waals surface area contributed by atoms with Crippen LogP contribution in [-0.4, -0.2) is 56.7 Å². The number of hydrogen-bond acceptors (Lipinski definition) is 5. The van der Waals surface area contributed by atoms with Crippen molar-refractivity contribution in [3.05, 3.63) is 24.3 Å². The fourth-order valence-electron chi connectivity index (χ4n) is 4.69. The van der Waals surface area contributed by atoms with Gasteiger partial charge in [-0.25, -0.2) is 0 Å². The summed E-state index contributed by atoms with van der Waals surface area (Å²) in [4.78, 5) is 17.0. The van der Waals surface area contributed by atoms with Gasteiger partial charge in [0.2, 0.25) is 5.91 Å². The van der Waals surface area contributed by atoms with Crippen molar-refractivity contribution >= 4 is 11.6 Å². The molecule has 6 heteroatoms. The summed E-state index contributed by atoms with van der Waals surface area (Å²) in [6, 6.07) is 10.7. The number of nitrogens with one attached hydrogen (secondary N) is 1. The van der Waals surface area contributed by atoms with Gasteiger partial charge in [0.15, 0.2) is 0 Å². The third kappa shape index (κ3) is 6.63. The Labute approximate surface area is 181 Å². The monoisotopic (exact) mass is 412 g/mol. The number of methoxy groups -OCH3 is 1. The lowest BCUT2D eigenvalue weighted by molar-refractivity contribution is -0.122. The third-order valence-corrected chi connectivity index (χ3v) is 6.56. The van der Waals surface area contributed by atoms with Crippen LogP contribution in [0.2, 0.25) is 0 Å². The molecule has 0 radical (unpaired) electrons. The number of nitriles is 1. The number of ether oxygens (including phenoxy) is 1. The van der Waals surface area contributed by atoms with Gasteiger partial charge in [-0.3, -0.25) is 9.69 Å². The smallest absolute Gasteiger partial charge is 0.220 e. The van der Waals surface area contributed by atoms with Gasteiger partial charge >= 0.3 is 0 Å². The second-order valence-electron chi connectivity index (χ2n) is 8.59. The van der Waals surface area contributed by atoms with Gasteiger partial charge in [-0.1, -0.05) is 12.1 Å². The van der Waals surface area contributed by atoms with Gasteiger partial charge in [0.05, 0.1) is 18.9 Å². The topological polar surface area (TPSA) is 68.6 Å². The molecule has 30 heavy (non-hydrogen) atoms. The second kappa shape index (κ2) is 11.8. The number of amides is 1. The zero-order valence-electron chi connectivity index (χ0n) is 18.3. The van der Waals surface area contributed by atoms with Crippen LogP contribution in [0.3, 0.4) is 0 Å². The molecule has 1 heterocycles. The van der Waals surface area contributed by atoms with E-state index in [9.17, 15) is 4.79 Å². The standard InChI is InChI=1S/C24H36N4O2/c1-30-23-7-3-2-6-22(23)28-18-16-27(17-19-28)15-13-20-9-11-21(12-10-20)26-24(29)8-4-5-14-25/h2-3,6-7,20-21H,4-5,8-13,15-19H2,1H3,(H,26,29)/t20-,21-. The first-order valence-electron chi connectivity index (χ1n) is 11.5. The highest BCUT2D eigenvalue weighted by Gasteiger charge is 2.24. The van der Waals surface area contributed by atoms with Crippen molar-refractivity contribution in [3.8, 4) is 11.8 Å². The number of para-hydroxylation sites is 2. The lowest BCUT2D eigenvalue weighted by Crippen LogP contribution is -2.47. The Kier molecular flexibility index (Phi) is 8.82. The van der Waals surface area contributed by atoms with Gasteiger partial charge in [-0.2, -0.15) is 5.26 Å². The minimum Gasteiger partial charge on any atom is -0.495 e. The summed E-state index contributed by atoms with van der Waals surface area (Å²) in [6.07, 6.45) is 7.49. The maximum Gasteiger partial charge on any atom is 0.220 e. The van der Waals surface area contributed by atoms with Crippen molar-refractivity contribution in [2.75, 3.05) is 44.7 Å². The van der Waals surface area contributed by atoms with Crippen LogP contribution in [0.25, 0.3) is 0 Å². The first-order valence-corrected chi connectivity index (χ1v) is 11.5. The molecule has 2 fully saturated rings. The molecule has 0 aromatic heterocycles. The highest BCUT2D eigenvalue weighted by molar-refractivity contribution is 5.76. The summed E-state index contributed by atoms with van der Waals surface area (Å²) in [7, 11) is 1.74. The van der Waals surface area contributed by atoms with Crippen molar-refractivity contribution in [3.63, 3.8) is 0 Å². The van der Waals surface area contributed by atoms with Crippen LogP contribution in [-0.2, 0) is 4.79 Å². The number of nitrogens with zero attached hydrogens (tertiary/aromatic N) is 3. The summed E-state index contributed by atoms with van der Waals surface area (Å²) < 4.78 is 5.51. The zero-order valence-corrected chi connectivity index (χ0v) is 18.3. The average Bonchev–Trinajstić information content (AvgIpc) is 2.79. The van der Waals surface area contributed by atoms with E-state index >= 15 is 0 Å². The molecule has 0 spiro atoms. The van der Waals surface area contributed by atoms with E-state index in [0.29, 0.717) is 25.3 Å². The van der Waals surface area contributed by atoms with Crippen molar-refractivity contribution in [1.29, 1.82) is 5.26 Å². The Morgan fingerprint density at radius 2 is 1.90 bits per heavy atom. The number of unbranched alkanes of at least 4 members (excludes halogenated alkanes) is 1. The van der Waals surface area contributed by atoms with E-state index in [2.05, 4.69) is 33.3 Å². The van der Waals surface area contributed by atoms with Crippen LogP contribution in [0.15, 0.2) is 24.3 Å². The molecule has 1 aromatic carbocycles. The molecular formula is C24H36N4O2. The Morgan fingerprint density at radius 1 is 1.17 bits per heavy atom. The van der Waals surface area contributed by atoms with Crippen LogP contribution in [0.1, 0.15) is 51.4 Å². The zero-order chi connectivity index (χ0) is 21.2. The molecular weight excluding hydrogens is 376 g/mol. The molecule has 0 atom stereocenters. The van der Waals surface area contributed by atoms with Crippen molar-refractivity contribution in [1.82, 2.24) is 10.2 Å². The fourth-order valence-corrected chi connectivity index (χ4v) is 4.69. The molecule has 164 valence electrons. The van der Waals surface area contributed by atoms with E-state index in [1.165, 1.54) is 31.5 Å². The molecule has 1 saturated heterocycles. The van der Waals surface area contributed by atoms with Gasteiger partial charge in [0, 0.05) is 45.1 Å². The van der Waals surface area contributed by atoms with Gasteiger partial charge in [0.25, 0.3) is 0 Å². The van der Waals surface area contributed by atoms with E-state index in [-0.39, 0.29) is 5.91 Å². The Balaban J connectivity index is 1.31. The summed E-state index contributed by atoms with van der Waals surface area (Å²) in [5, 5.41) is 11.7. The SMILES string of the molecule is COc1ccccc1N1CCN(CC[C@H]2CC[C@H](NC(=O)CCCC#N)CC2)CC1.